The minimum atomic E-state index is 0.153. The summed E-state index contributed by atoms with van der Waals surface area (Å²) in [4.78, 5) is 2.13. The zero-order chi connectivity index (χ0) is 12.3. The number of nitrogens with two attached hydrogens (primary N) is 1. The first kappa shape index (κ1) is 12.6. The van der Waals surface area contributed by atoms with E-state index in [0.717, 1.165) is 5.70 Å². The van der Waals surface area contributed by atoms with Gasteiger partial charge in [0.1, 0.15) is 0 Å². The third-order valence-electron chi connectivity index (χ3n) is 2.73. The van der Waals surface area contributed by atoms with Gasteiger partial charge in [0.05, 0.1) is 5.70 Å². The number of rotatable bonds is 1. The molecule has 1 aliphatic heterocycles. The zero-order valence-electron chi connectivity index (χ0n) is 10.9. The van der Waals surface area contributed by atoms with Gasteiger partial charge in [-0.2, -0.15) is 0 Å². The van der Waals surface area contributed by atoms with E-state index in [1.807, 2.05) is 19.2 Å². The van der Waals surface area contributed by atoms with Crippen LogP contribution in [0.2, 0.25) is 0 Å². The largest absolute Gasteiger partial charge is 0.403 e. The Bertz CT molecular complexity index is 376. The fourth-order valence-corrected chi connectivity index (χ4v) is 1.97. The summed E-state index contributed by atoms with van der Waals surface area (Å²) in [7, 11) is 0. The molecule has 0 saturated carbocycles. The highest BCUT2D eigenvalue weighted by molar-refractivity contribution is 5.41. The summed E-state index contributed by atoms with van der Waals surface area (Å²) < 4.78 is 0. The first-order chi connectivity index (χ1) is 7.41. The molecule has 0 unspecified atom stereocenters. The van der Waals surface area contributed by atoms with Gasteiger partial charge in [-0.1, -0.05) is 32.9 Å². The first-order valence-electron chi connectivity index (χ1n) is 5.65. The van der Waals surface area contributed by atoms with E-state index >= 15 is 0 Å². The van der Waals surface area contributed by atoms with Crippen LogP contribution in [-0.2, 0) is 0 Å². The smallest absolute Gasteiger partial charge is 0.0607 e. The molecule has 16 heavy (non-hydrogen) atoms. The van der Waals surface area contributed by atoms with Gasteiger partial charge in [-0.15, -0.1) is 0 Å². The Morgan fingerprint density at radius 2 is 1.88 bits per heavy atom. The second-order valence-electron chi connectivity index (χ2n) is 5.03. The summed E-state index contributed by atoms with van der Waals surface area (Å²) >= 11 is 0. The maximum Gasteiger partial charge on any atom is 0.0607 e. The molecule has 2 N–H and O–H groups in total. The maximum atomic E-state index is 5.63. The standard InChI is InChI=1S/C14H22N2/c1-6-9-16-11(2)13(14(3,4)5)8-7-12(16)10-15/h6-10H,15H2,1-5H3/b9-6-,12-10-. The molecule has 0 saturated heterocycles. The molecular formula is C14H22N2. The van der Waals surface area contributed by atoms with Gasteiger partial charge in [-0.3, -0.25) is 0 Å². The molecule has 0 aromatic heterocycles. The van der Waals surface area contributed by atoms with Gasteiger partial charge >= 0.3 is 0 Å². The van der Waals surface area contributed by atoms with Crippen LogP contribution in [0.5, 0.6) is 0 Å². The van der Waals surface area contributed by atoms with Crippen LogP contribution in [0.4, 0.5) is 0 Å². The van der Waals surface area contributed by atoms with Crippen molar-refractivity contribution in [2.75, 3.05) is 0 Å². The van der Waals surface area contributed by atoms with E-state index in [0.29, 0.717) is 0 Å². The summed E-state index contributed by atoms with van der Waals surface area (Å²) in [6.45, 7) is 10.8. The summed E-state index contributed by atoms with van der Waals surface area (Å²) in [5, 5.41) is 0. The Labute approximate surface area is 98.8 Å². The average molecular weight is 218 g/mol. The predicted molar refractivity (Wildman–Crippen MR) is 70.2 cm³/mol. The lowest BCUT2D eigenvalue weighted by molar-refractivity contribution is 0.473. The van der Waals surface area contributed by atoms with Crippen LogP contribution in [0.15, 0.2) is 47.6 Å². The van der Waals surface area contributed by atoms with Crippen LogP contribution in [0.25, 0.3) is 0 Å². The van der Waals surface area contributed by atoms with Crippen LogP contribution in [0.1, 0.15) is 34.6 Å². The highest BCUT2D eigenvalue weighted by atomic mass is 15.1. The first-order valence-corrected chi connectivity index (χ1v) is 5.65. The van der Waals surface area contributed by atoms with E-state index in [2.05, 4.69) is 44.7 Å². The third-order valence-corrected chi connectivity index (χ3v) is 2.73. The second-order valence-corrected chi connectivity index (χ2v) is 5.03. The molecule has 0 spiro atoms. The van der Waals surface area contributed by atoms with Crippen molar-refractivity contribution < 1.29 is 0 Å². The zero-order valence-corrected chi connectivity index (χ0v) is 10.9. The Morgan fingerprint density at radius 3 is 2.31 bits per heavy atom. The number of nitrogens with zero attached hydrogens (tertiary/aromatic N) is 1. The number of hydrogen-bond donors (Lipinski definition) is 1. The summed E-state index contributed by atoms with van der Waals surface area (Å²) in [5.74, 6) is 0. The van der Waals surface area contributed by atoms with Crippen molar-refractivity contribution in [1.82, 2.24) is 4.90 Å². The van der Waals surface area contributed by atoms with Crippen LogP contribution in [0.3, 0.4) is 0 Å². The molecule has 0 aromatic rings. The lowest BCUT2D eigenvalue weighted by atomic mass is 9.83. The van der Waals surface area contributed by atoms with E-state index in [-0.39, 0.29) is 5.41 Å². The van der Waals surface area contributed by atoms with E-state index < -0.39 is 0 Å². The predicted octanol–water partition coefficient (Wildman–Crippen LogP) is 3.51. The fourth-order valence-electron chi connectivity index (χ4n) is 1.97. The maximum absolute atomic E-state index is 5.63. The molecule has 2 heteroatoms. The molecule has 1 heterocycles. The van der Waals surface area contributed by atoms with Crippen molar-refractivity contribution in [3.8, 4) is 0 Å². The fraction of sp³-hybridized carbons (Fsp3) is 0.429. The second kappa shape index (κ2) is 4.60. The highest BCUT2D eigenvalue weighted by Crippen LogP contribution is 2.35. The van der Waals surface area contributed by atoms with Gasteiger partial charge in [0.25, 0.3) is 0 Å². The third kappa shape index (κ3) is 2.38. The molecule has 0 radical (unpaired) electrons. The Hall–Kier alpha value is -1.44. The van der Waals surface area contributed by atoms with Crippen molar-refractivity contribution in [3.63, 3.8) is 0 Å². The topological polar surface area (TPSA) is 29.3 Å². The lowest BCUT2D eigenvalue weighted by Crippen LogP contribution is -2.23. The van der Waals surface area contributed by atoms with Crippen molar-refractivity contribution >= 4 is 0 Å². The van der Waals surface area contributed by atoms with Crippen LogP contribution in [0, 0.1) is 5.41 Å². The van der Waals surface area contributed by atoms with E-state index in [9.17, 15) is 0 Å². The molecule has 0 atom stereocenters. The van der Waals surface area contributed by atoms with Crippen molar-refractivity contribution in [2.45, 2.75) is 34.6 Å². The minimum Gasteiger partial charge on any atom is -0.403 e. The van der Waals surface area contributed by atoms with Crippen LogP contribution >= 0.6 is 0 Å². The Morgan fingerprint density at radius 1 is 1.25 bits per heavy atom. The SMILES string of the molecule is C/C=C\N1C(C)=C(C(C)(C)C)C=C/C1=C/N. The van der Waals surface area contributed by atoms with Crippen LogP contribution in [-0.4, -0.2) is 4.90 Å². The number of allylic oxidation sites excluding steroid dienone is 5. The molecule has 0 amide bonds. The normalized spacial score (nSPS) is 20.3. The molecular weight excluding hydrogens is 196 g/mol. The molecule has 0 aliphatic carbocycles. The summed E-state index contributed by atoms with van der Waals surface area (Å²) in [5.41, 5.74) is 9.38. The minimum absolute atomic E-state index is 0.153. The van der Waals surface area contributed by atoms with Gasteiger partial charge in [0, 0.05) is 18.1 Å². The van der Waals surface area contributed by atoms with E-state index in [4.69, 9.17) is 5.73 Å². The molecule has 88 valence electrons. The average Bonchev–Trinajstić information content (AvgIpc) is 2.19. The molecule has 1 aliphatic rings. The van der Waals surface area contributed by atoms with Gasteiger partial charge < -0.3 is 10.6 Å². The van der Waals surface area contributed by atoms with Crippen molar-refractivity contribution in [1.29, 1.82) is 0 Å². The molecule has 0 aromatic carbocycles. The monoisotopic (exact) mass is 218 g/mol. The molecule has 1 rings (SSSR count). The lowest BCUT2D eigenvalue weighted by Gasteiger charge is -2.33. The molecule has 0 fully saturated rings. The van der Waals surface area contributed by atoms with Gasteiger partial charge in [-0.05, 0) is 30.9 Å². The summed E-state index contributed by atoms with van der Waals surface area (Å²) in [6.07, 6.45) is 9.93. The van der Waals surface area contributed by atoms with E-state index in [1.165, 1.54) is 11.3 Å². The van der Waals surface area contributed by atoms with Crippen molar-refractivity contribution in [3.05, 3.63) is 47.6 Å². The Balaban J connectivity index is 3.24. The van der Waals surface area contributed by atoms with Gasteiger partial charge in [0.2, 0.25) is 0 Å². The molecule has 0 bridgehead atoms. The highest BCUT2D eigenvalue weighted by Gasteiger charge is 2.23. The Kier molecular flexibility index (Phi) is 3.63. The van der Waals surface area contributed by atoms with E-state index in [1.54, 1.807) is 6.20 Å². The number of hydrogen-bond acceptors (Lipinski definition) is 2. The van der Waals surface area contributed by atoms with Crippen molar-refractivity contribution in [2.24, 2.45) is 11.1 Å². The quantitative estimate of drug-likeness (QED) is 0.729. The van der Waals surface area contributed by atoms with Gasteiger partial charge in [-0.25, -0.2) is 0 Å². The van der Waals surface area contributed by atoms with Crippen LogP contribution < -0.4 is 5.73 Å². The molecule has 2 nitrogen and oxygen atoms in total. The van der Waals surface area contributed by atoms with Gasteiger partial charge in [0.15, 0.2) is 0 Å². The summed E-state index contributed by atoms with van der Waals surface area (Å²) in [6, 6.07) is 0.